The molecule has 19 heavy (non-hydrogen) atoms. The molecule has 0 fully saturated rings. The summed E-state index contributed by atoms with van der Waals surface area (Å²) < 4.78 is 0. The van der Waals surface area contributed by atoms with Gasteiger partial charge in [0.05, 0.1) is 42.6 Å². The van der Waals surface area contributed by atoms with Gasteiger partial charge in [0.2, 0.25) is 5.91 Å². The van der Waals surface area contributed by atoms with Gasteiger partial charge in [-0.25, -0.2) is 4.98 Å². The molecule has 0 saturated carbocycles. The number of fused-ring (bicyclic) bond motifs is 1. The molecule has 0 spiro atoms. The van der Waals surface area contributed by atoms with Gasteiger partial charge in [-0.05, 0) is 12.1 Å². The predicted octanol–water partition coefficient (Wildman–Crippen LogP) is 1.02. The van der Waals surface area contributed by atoms with E-state index in [1.54, 1.807) is 6.20 Å². The first kappa shape index (κ1) is 11.5. The van der Waals surface area contributed by atoms with E-state index in [4.69, 9.17) is 5.73 Å². The molecule has 0 unspecified atom stereocenters. The molecule has 2 aromatic rings. The number of amides is 1. The van der Waals surface area contributed by atoms with Crippen molar-refractivity contribution >= 4 is 23.1 Å². The fourth-order valence-electron chi connectivity index (χ4n) is 2.09. The molecule has 6 nitrogen and oxygen atoms in total. The monoisotopic (exact) mass is 255 g/mol. The molecule has 3 N–H and O–H groups in total. The van der Waals surface area contributed by atoms with Crippen LogP contribution < -0.4 is 16.0 Å². The number of rotatable bonds is 2. The number of anilines is 3. The summed E-state index contributed by atoms with van der Waals surface area (Å²) in [6, 6.07) is 7.69. The molecule has 6 heteroatoms. The van der Waals surface area contributed by atoms with Crippen LogP contribution in [0.25, 0.3) is 0 Å². The highest BCUT2D eigenvalue weighted by atomic mass is 16.2. The minimum Gasteiger partial charge on any atom is -0.382 e. The summed E-state index contributed by atoms with van der Waals surface area (Å²) in [5.74, 6) is 0.364. The summed E-state index contributed by atoms with van der Waals surface area (Å²) in [7, 11) is 0. The van der Waals surface area contributed by atoms with Gasteiger partial charge in [0, 0.05) is 0 Å². The number of nitrogens with one attached hydrogen (secondary N) is 1. The van der Waals surface area contributed by atoms with Crippen LogP contribution in [0.2, 0.25) is 0 Å². The Morgan fingerprint density at radius 2 is 2.11 bits per heavy atom. The summed E-state index contributed by atoms with van der Waals surface area (Å²) in [6.07, 6.45) is 3.15. The standard InChI is InChI=1S/C13H13N5O/c14-12-6-15-9(5-16-12)7-18-8-13(19)17-10-3-1-2-4-11(10)18/h1-6H,7-8H2,(H2,14,16)(H,17,19). The van der Waals surface area contributed by atoms with E-state index < -0.39 is 0 Å². The van der Waals surface area contributed by atoms with Crippen molar-refractivity contribution in [3.05, 3.63) is 42.4 Å². The number of para-hydroxylation sites is 2. The van der Waals surface area contributed by atoms with Crippen LogP contribution in [0.5, 0.6) is 0 Å². The summed E-state index contributed by atoms with van der Waals surface area (Å²) in [6.45, 7) is 0.834. The van der Waals surface area contributed by atoms with Gasteiger partial charge in [-0.3, -0.25) is 9.78 Å². The quantitative estimate of drug-likeness (QED) is 0.837. The summed E-state index contributed by atoms with van der Waals surface area (Å²) in [5.41, 5.74) is 8.09. The number of nitrogen functional groups attached to an aromatic ring is 1. The van der Waals surface area contributed by atoms with E-state index in [2.05, 4.69) is 15.3 Å². The Hall–Kier alpha value is -2.63. The van der Waals surface area contributed by atoms with Crippen LogP contribution in [-0.4, -0.2) is 22.4 Å². The number of nitrogens with zero attached hydrogens (tertiary/aromatic N) is 3. The Morgan fingerprint density at radius 3 is 2.89 bits per heavy atom. The average molecular weight is 255 g/mol. The second-order valence-electron chi connectivity index (χ2n) is 4.35. The van der Waals surface area contributed by atoms with Crippen LogP contribution in [0.3, 0.4) is 0 Å². The Bertz CT molecular complexity index is 611. The number of benzene rings is 1. The van der Waals surface area contributed by atoms with Crippen molar-refractivity contribution in [1.82, 2.24) is 9.97 Å². The molecule has 0 atom stereocenters. The van der Waals surface area contributed by atoms with Crippen molar-refractivity contribution in [3.8, 4) is 0 Å². The third-order valence-corrected chi connectivity index (χ3v) is 2.93. The van der Waals surface area contributed by atoms with Gasteiger partial charge in [0.1, 0.15) is 5.82 Å². The smallest absolute Gasteiger partial charge is 0.243 e. The Labute approximate surface area is 110 Å². The molecule has 96 valence electrons. The molecule has 1 aliphatic rings. The minimum absolute atomic E-state index is 0.0258. The van der Waals surface area contributed by atoms with Crippen LogP contribution in [-0.2, 0) is 11.3 Å². The highest BCUT2D eigenvalue weighted by Crippen LogP contribution is 2.29. The lowest BCUT2D eigenvalue weighted by Gasteiger charge is -2.30. The van der Waals surface area contributed by atoms with Gasteiger partial charge in [0.15, 0.2) is 0 Å². The third-order valence-electron chi connectivity index (χ3n) is 2.93. The van der Waals surface area contributed by atoms with E-state index in [1.807, 2.05) is 29.2 Å². The van der Waals surface area contributed by atoms with Crippen molar-refractivity contribution < 1.29 is 4.79 Å². The van der Waals surface area contributed by atoms with E-state index in [0.717, 1.165) is 17.1 Å². The summed E-state index contributed by atoms with van der Waals surface area (Å²) in [5, 5.41) is 2.85. The summed E-state index contributed by atoms with van der Waals surface area (Å²) >= 11 is 0. The van der Waals surface area contributed by atoms with E-state index in [-0.39, 0.29) is 5.91 Å². The molecule has 1 aliphatic heterocycles. The number of nitrogens with two attached hydrogens (primary N) is 1. The van der Waals surface area contributed by atoms with Crippen molar-refractivity contribution in [2.75, 3.05) is 22.5 Å². The zero-order valence-corrected chi connectivity index (χ0v) is 10.2. The lowest BCUT2D eigenvalue weighted by molar-refractivity contribution is -0.115. The SMILES string of the molecule is Nc1cnc(CN2CC(=O)Nc3ccccc32)cn1. The fourth-order valence-corrected chi connectivity index (χ4v) is 2.09. The maximum atomic E-state index is 11.7. The number of aromatic nitrogens is 2. The number of hydrogen-bond donors (Lipinski definition) is 2. The second kappa shape index (κ2) is 4.56. The fraction of sp³-hybridized carbons (Fsp3) is 0.154. The average Bonchev–Trinajstić information content (AvgIpc) is 2.41. The molecule has 0 aliphatic carbocycles. The molecule has 0 bridgehead atoms. The van der Waals surface area contributed by atoms with Crippen LogP contribution in [0.1, 0.15) is 5.69 Å². The van der Waals surface area contributed by atoms with Gasteiger partial charge >= 0.3 is 0 Å². The molecular formula is C13H13N5O. The van der Waals surface area contributed by atoms with Crippen LogP contribution in [0.15, 0.2) is 36.7 Å². The molecule has 3 rings (SSSR count). The van der Waals surface area contributed by atoms with E-state index >= 15 is 0 Å². The maximum absolute atomic E-state index is 11.7. The van der Waals surface area contributed by atoms with Crippen LogP contribution in [0, 0.1) is 0 Å². The first-order valence-corrected chi connectivity index (χ1v) is 5.92. The number of carbonyl (C=O) groups excluding carboxylic acids is 1. The largest absolute Gasteiger partial charge is 0.382 e. The first-order chi connectivity index (χ1) is 9.22. The predicted molar refractivity (Wildman–Crippen MR) is 72.6 cm³/mol. The van der Waals surface area contributed by atoms with Gasteiger partial charge in [-0.1, -0.05) is 12.1 Å². The van der Waals surface area contributed by atoms with Crippen molar-refractivity contribution in [2.45, 2.75) is 6.54 Å². The third kappa shape index (κ3) is 2.33. The van der Waals surface area contributed by atoms with Crippen molar-refractivity contribution in [1.29, 1.82) is 0 Å². The molecule has 0 saturated heterocycles. The minimum atomic E-state index is -0.0258. The molecular weight excluding hydrogens is 242 g/mol. The molecule has 2 heterocycles. The van der Waals surface area contributed by atoms with Gasteiger partial charge in [-0.15, -0.1) is 0 Å². The summed E-state index contributed by atoms with van der Waals surface area (Å²) in [4.78, 5) is 21.9. The van der Waals surface area contributed by atoms with Crippen molar-refractivity contribution in [2.24, 2.45) is 0 Å². The Kier molecular flexibility index (Phi) is 2.75. The zero-order valence-electron chi connectivity index (χ0n) is 10.2. The van der Waals surface area contributed by atoms with Crippen molar-refractivity contribution in [3.63, 3.8) is 0 Å². The maximum Gasteiger partial charge on any atom is 0.243 e. The van der Waals surface area contributed by atoms with Crippen LogP contribution >= 0.6 is 0 Å². The Morgan fingerprint density at radius 1 is 1.26 bits per heavy atom. The van der Waals surface area contributed by atoms with Gasteiger partial charge in [0.25, 0.3) is 0 Å². The lowest BCUT2D eigenvalue weighted by atomic mass is 10.2. The number of carbonyl (C=O) groups is 1. The molecule has 1 aromatic carbocycles. The van der Waals surface area contributed by atoms with E-state index in [9.17, 15) is 4.79 Å². The topological polar surface area (TPSA) is 84.1 Å². The second-order valence-corrected chi connectivity index (χ2v) is 4.35. The molecule has 1 amide bonds. The van der Waals surface area contributed by atoms with Gasteiger partial charge in [-0.2, -0.15) is 0 Å². The molecule has 0 radical (unpaired) electrons. The lowest BCUT2D eigenvalue weighted by Crippen LogP contribution is -2.37. The first-order valence-electron chi connectivity index (χ1n) is 5.92. The van der Waals surface area contributed by atoms with E-state index in [0.29, 0.717) is 18.9 Å². The normalized spacial score (nSPS) is 13.9. The van der Waals surface area contributed by atoms with Gasteiger partial charge < -0.3 is 16.0 Å². The Balaban J connectivity index is 1.89. The highest BCUT2D eigenvalue weighted by Gasteiger charge is 2.21. The zero-order chi connectivity index (χ0) is 13.2. The number of hydrogen-bond acceptors (Lipinski definition) is 5. The highest BCUT2D eigenvalue weighted by molar-refractivity contribution is 6.01. The molecule has 1 aromatic heterocycles. The van der Waals surface area contributed by atoms with E-state index in [1.165, 1.54) is 6.20 Å². The van der Waals surface area contributed by atoms with Crippen LogP contribution in [0.4, 0.5) is 17.2 Å².